The highest BCUT2D eigenvalue weighted by Crippen LogP contribution is 2.39. The first kappa shape index (κ1) is 20.5. The Balaban J connectivity index is 1.98. The molecule has 0 heterocycles. The molecule has 30 heavy (non-hydrogen) atoms. The maximum absolute atomic E-state index is 11.8. The number of carbonyl (C=O) groups excluding carboxylic acids is 1. The quantitative estimate of drug-likeness (QED) is 0.320. The van der Waals surface area contributed by atoms with Crippen molar-refractivity contribution in [3.8, 4) is 16.9 Å². The van der Waals surface area contributed by atoms with Gasteiger partial charge in [0.2, 0.25) is 0 Å². The Morgan fingerprint density at radius 2 is 1.47 bits per heavy atom. The molecule has 0 radical (unpaired) electrons. The molecule has 9 heteroatoms. The highest BCUT2D eigenvalue weighted by atomic mass is 16.6. The number of benzene rings is 3. The topological polar surface area (TPSA) is 122 Å². The summed E-state index contributed by atoms with van der Waals surface area (Å²) in [6.45, 7) is 0.328. The SMILES string of the molecule is COC(=O)c1cc([N+](=O)[O-])c(-c2ccc(OCc3ccccc3)cc2)c([N+](=O)[O-])c1. The molecule has 3 aromatic carbocycles. The van der Waals surface area contributed by atoms with Crippen molar-refractivity contribution in [1.29, 1.82) is 0 Å². The molecule has 152 valence electrons. The van der Waals surface area contributed by atoms with E-state index in [1.54, 1.807) is 12.1 Å². The van der Waals surface area contributed by atoms with E-state index in [4.69, 9.17) is 4.74 Å². The van der Waals surface area contributed by atoms with Gasteiger partial charge in [0.15, 0.2) is 0 Å². The summed E-state index contributed by atoms with van der Waals surface area (Å²) in [4.78, 5) is 33.4. The summed E-state index contributed by atoms with van der Waals surface area (Å²) >= 11 is 0. The summed E-state index contributed by atoms with van der Waals surface area (Å²) < 4.78 is 10.2. The van der Waals surface area contributed by atoms with E-state index in [0.717, 1.165) is 24.8 Å². The van der Waals surface area contributed by atoms with E-state index in [0.29, 0.717) is 12.4 Å². The summed E-state index contributed by atoms with van der Waals surface area (Å²) in [5.41, 5.74) is -0.400. The van der Waals surface area contributed by atoms with Gasteiger partial charge >= 0.3 is 5.97 Å². The minimum atomic E-state index is -0.905. The van der Waals surface area contributed by atoms with Crippen LogP contribution in [0.4, 0.5) is 11.4 Å². The standard InChI is InChI=1S/C21H16N2O7/c1-29-21(24)16-11-18(22(25)26)20(19(12-16)23(27)28)15-7-9-17(10-8-15)30-13-14-5-3-2-4-6-14/h2-12H,13H2,1H3. The zero-order valence-corrected chi connectivity index (χ0v) is 15.8. The van der Waals surface area contributed by atoms with Crippen molar-refractivity contribution in [2.24, 2.45) is 0 Å². The Morgan fingerprint density at radius 3 is 1.97 bits per heavy atom. The molecule has 0 atom stereocenters. The third-order valence-electron chi connectivity index (χ3n) is 4.30. The second-order valence-corrected chi connectivity index (χ2v) is 6.19. The third kappa shape index (κ3) is 4.41. The van der Waals surface area contributed by atoms with Crippen LogP contribution < -0.4 is 4.74 Å². The first-order valence-electron chi connectivity index (χ1n) is 8.73. The Bertz CT molecular complexity index is 1060. The van der Waals surface area contributed by atoms with Gasteiger partial charge in [0.1, 0.15) is 17.9 Å². The maximum Gasteiger partial charge on any atom is 0.338 e. The van der Waals surface area contributed by atoms with Crippen LogP contribution in [0.2, 0.25) is 0 Å². The Kier molecular flexibility index (Phi) is 6.02. The Labute approximate surface area is 170 Å². The predicted molar refractivity (Wildman–Crippen MR) is 107 cm³/mol. The van der Waals surface area contributed by atoms with Crippen LogP contribution in [-0.4, -0.2) is 22.9 Å². The first-order chi connectivity index (χ1) is 14.4. The van der Waals surface area contributed by atoms with Gasteiger partial charge in [-0.25, -0.2) is 4.79 Å². The molecule has 3 rings (SSSR count). The second kappa shape index (κ2) is 8.82. The zero-order chi connectivity index (χ0) is 21.7. The number of nitro groups is 2. The average Bonchev–Trinajstić information content (AvgIpc) is 2.77. The van der Waals surface area contributed by atoms with Crippen molar-refractivity contribution >= 4 is 17.3 Å². The van der Waals surface area contributed by atoms with Crippen molar-refractivity contribution in [2.75, 3.05) is 7.11 Å². The van der Waals surface area contributed by atoms with E-state index >= 15 is 0 Å². The van der Waals surface area contributed by atoms with E-state index in [9.17, 15) is 25.0 Å². The molecule has 3 aromatic rings. The molecule has 0 bridgehead atoms. The van der Waals surface area contributed by atoms with Crippen LogP contribution in [0.15, 0.2) is 66.7 Å². The lowest BCUT2D eigenvalue weighted by molar-refractivity contribution is -0.392. The molecular formula is C21H16N2O7. The van der Waals surface area contributed by atoms with Gasteiger partial charge in [-0.2, -0.15) is 0 Å². The van der Waals surface area contributed by atoms with Gasteiger partial charge in [0.05, 0.1) is 22.5 Å². The van der Waals surface area contributed by atoms with Gasteiger partial charge in [-0.3, -0.25) is 20.2 Å². The minimum absolute atomic E-state index is 0.202. The molecule has 0 unspecified atom stereocenters. The van der Waals surface area contributed by atoms with Crippen LogP contribution in [0.5, 0.6) is 5.75 Å². The zero-order valence-electron chi connectivity index (χ0n) is 15.8. The van der Waals surface area contributed by atoms with E-state index in [1.807, 2.05) is 30.3 Å². The molecule has 0 aliphatic heterocycles. The lowest BCUT2D eigenvalue weighted by Gasteiger charge is -2.09. The molecule has 0 aliphatic rings. The largest absolute Gasteiger partial charge is 0.489 e. The fraction of sp³-hybridized carbons (Fsp3) is 0.0952. The molecule has 0 spiro atoms. The lowest BCUT2D eigenvalue weighted by Crippen LogP contribution is -2.06. The molecule has 0 N–H and O–H groups in total. The number of ether oxygens (including phenoxy) is 2. The molecule has 0 aliphatic carbocycles. The van der Waals surface area contributed by atoms with Crippen molar-refractivity contribution in [3.05, 3.63) is 98.1 Å². The predicted octanol–water partition coefficient (Wildman–Crippen LogP) is 4.54. The van der Waals surface area contributed by atoms with Gasteiger partial charge in [-0.05, 0) is 23.3 Å². The minimum Gasteiger partial charge on any atom is -0.489 e. The molecule has 0 aromatic heterocycles. The number of rotatable bonds is 7. The van der Waals surface area contributed by atoms with Crippen molar-refractivity contribution < 1.29 is 24.1 Å². The second-order valence-electron chi connectivity index (χ2n) is 6.19. The molecule has 0 amide bonds. The van der Waals surface area contributed by atoms with Crippen LogP contribution in [0, 0.1) is 20.2 Å². The van der Waals surface area contributed by atoms with Crippen LogP contribution in [0.25, 0.3) is 11.1 Å². The highest BCUT2D eigenvalue weighted by molar-refractivity contribution is 5.95. The summed E-state index contributed by atoms with van der Waals surface area (Å²) in [5, 5.41) is 23.1. The molecule has 9 nitrogen and oxygen atoms in total. The van der Waals surface area contributed by atoms with Crippen molar-refractivity contribution in [3.63, 3.8) is 0 Å². The monoisotopic (exact) mass is 408 g/mol. The number of nitrogens with zero attached hydrogens (tertiary/aromatic N) is 2. The van der Waals surface area contributed by atoms with Crippen LogP contribution in [-0.2, 0) is 11.3 Å². The summed E-state index contributed by atoms with van der Waals surface area (Å²) in [7, 11) is 1.09. The molecule has 0 saturated heterocycles. The number of methoxy groups -OCH3 is 1. The van der Waals surface area contributed by atoms with Crippen LogP contribution in [0.1, 0.15) is 15.9 Å². The number of esters is 1. The summed E-state index contributed by atoms with van der Waals surface area (Å²) in [6.07, 6.45) is 0. The van der Waals surface area contributed by atoms with Gasteiger partial charge in [0, 0.05) is 12.1 Å². The van der Waals surface area contributed by atoms with E-state index in [1.165, 1.54) is 12.1 Å². The molecule has 0 fully saturated rings. The van der Waals surface area contributed by atoms with E-state index < -0.39 is 27.2 Å². The Morgan fingerprint density at radius 1 is 0.900 bits per heavy atom. The average molecular weight is 408 g/mol. The van der Waals surface area contributed by atoms with Crippen molar-refractivity contribution in [2.45, 2.75) is 6.61 Å². The number of hydrogen-bond acceptors (Lipinski definition) is 7. The first-order valence-corrected chi connectivity index (χ1v) is 8.73. The van der Waals surface area contributed by atoms with Gasteiger partial charge < -0.3 is 9.47 Å². The number of hydrogen-bond donors (Lipinski definition) is 0. The summed E-state index contributed by atoms with van der Waals surface area (Å²) in [6, 6.07) is 17.5. The van der Waals surface area contributed by atoms with E-state index in [-0.39, 0.29) is 16.7 Å². The maximum atomic E-state index is 11.8. The van der Waals surface area contributed by atoms with Crippen LogP contribution in [0.3, 0.4) is 0 Å². The van der Waals surface area contributed by atoms with Gasteiger partial charge in [0.25, 0.3) is 11.4 Å². The summed E-state index contributed by atoms with van der Waals surface area (Å²) in [5.74, 6) is -0.406. The highest BCUT2D eigenvalue weighted by Gasteiger charge is 2.29. The molecule has 0 saturated carbocycles. The van der Waals surface area contributed by atoms with Crippen LogP contribution >= 0.6 is 0 Å². The van der Waals surface area contributed by atoms with Gasteiger partial charge in [-0.15, -0.1) is 0 Å². The fourth-order valence-corrected chi connectivity index (χ4v) is 2.89. The molecular weight excluding hydrogens is 392 g/mol. The third-order valence-corrected chi connectivity index (χ3v) is 4.30. The van der Waals surface area contributed by atoms with Crippen molar-refractivity contribution in [1.82, 2.24) is 0 Å². The number of nitro benzene ring substituents is 2. The van der Waals surface area contributed by atoms with E-state index in [2.05, 4.69) is 4.74 Å². The lowest BCUT2D eigenvalue weighted by atomic mass is 9.99. The Hall–Kier alpha value is -4.27. The normalized spacial score (nSPS) is 10.3. The van der Waals surface area contributed by atoms with Gasteiger partial charge in [-0.1, -0.05) is 42.5 Å². The smallest absolute Gasteiger partial charge is 0.338 e. The number of carbonyl (C=O) groups is 1. The fourth-order valence-electron chi connectivity index (χ4n) is 2.89.